The Morgan fingerprint density at radius 2 is 1.00 bits per heavy atom. The summed E-state index contributed by atoms with van der Waals surface area (Å²) < 4.78 is 45.6. The van der Waals surface area contributed by atoms with Gasteiger partial charge in [-0.15, -0.1) is 0 Å². The average molecular weight is 344 g/mol. The minimum absolute atomic E-state index is 0.0138. The monoisotopic (exact) mass is 344 g/mol. The van der Waals surface area contributed by atoms with Gasteiger partial charge in [-0.2, -0.15) is 0 Å². The largest absolute Gasteiger partial charge is 0.378 e. The van der Waals surface area contributed by atoms with Gasteiger partial charge in [-0.25, -0.2) is 0 Å². The van der Waals surface area contributed by atoms with Gasteiger partial charge in [0.05, 0.1) is 31.8 Å². The summed E-state index contributed by atoms with van der Waals surface area (Å²) in [5.41, 5.74) is -0.752. The molecule has 2 N–H and O–H groups in total. The zero-order valence-electron chi connectivity index (χ0n) is 12.6. The van der Waals surface area contributed by atoms with Gasteiger partial charge in [-0.3, -0.25) is 9.13 Å². The molecule has 21 heavy (non-hydrogen) atoms. The van der Waals surface area contributed by atoms with Crippen molar-refractivity contribution >= 4 is 15.2 Å². The van der Waals surface area contributed by atoms with Crippen LogP contribution >= 0.6 is 15.2 Å². The first kappa shape index (κ1) is 17.6. The van der Waals surface area contributed by atoms with E-state index in [1.54, 1.807) is 0 Å². The zero-order valence-corrected chi connectivity index (χ0v) is 14.4. The fraction of sp³-hybridized carbons (Fsp3) is 1.00. The van der Waals surface area contributed by atoms with Crippen molar-refractivity contribution in [1.82, 2.24) is 0 Å². The minimum Gasteiger partial charge on any atom is -0.378 e. The van der Waals surface area contributed by atoms with Crippen LogP contribution in [0, 0.1) is 5.41 Å². The van der Waals surface area contributed by atoms with Crippen LogP contribution < -0.4 is 0 Å². The van der Waals surface area contributed by atoms with Crippen molar-refractivity contribution in [3.8, 4) is 0 Å². The standard InChI is InChI=1S/C11H22O8P2/c1-9(2,12)20(14)16-5-11(6-17-20)7-18-21(15,19-8-11)10(3,4)13/h12-13H,5-8H2,1-4H3. The lowest BCUT2D eigenvalue weighted by atomic mass is 9.93. The molecule has 0 aromatic carbocycles. The SMILES string of the molecule is CC(C)(O)P1(=O)OCC2(CO1)COP(=O)(C(C)(C)O)OC2. The smallest absolute Gasteiger partial charge is 0.361 e. The molecule has 2 saturated heterocycles. The first-order valence-corrected chi connectivity index (χ1v) is 9.64. The molecule has 2 fully saturated rings. The third-order valence-electron chi connectivity index (χ3n) is 3.50. The van der Waals surface area contributed by atoms with E-state index in [0.29, 0.717) is 0 Å². The molecule has 0 unspecified atom stereocenters. The van der Waals surface area contributed by atoms with Crippen LogP contribution in [0.2, 0.25) is 0 Å². The maximum Gasteiger partial charge on any atom is 0.361 e. The predicted octanol–water partition coefficient (Wildman–Crippen LogP) is 1.91. The lowest BCUT2D eigenvalue weighted by molar-refractivity contribution is -0.0871. The fourth-order valence-electron chi connectivity index (χ4n) is 1.84. The van der Waals surface area contributed by atoms with Crippen molar-refractivity contribution in [2.75, 3.05) is 26.4 Å². The lowest BCUT2D eigenvalue weighted by Gasteiger charge is -2.46. The maximum atomic E-state index is 12.3. The van der Waals surface area contributed by atoms with E-state index in [0.717, 1.165) is 0 Å². The number of hydrogen-bond acceptors (Lipinski definition) is 8. The molecule has 10 heteroatoms. The second-order valence-corrected chi connectivity index (χ2v) is 11.8. The Hall–Kier alpha value is 0.220. The van der Waals surface area contributed by atoms with Gasteiger partial charge < -0.3 is 28.3 Å². The molecule has 0 amide bonds. The molecule has 0 atom stereocenters. The molecule has 2 aliphatic heterocycles. The lowest BCUT2D eigenvalue weighted by Crippen LogP contribution is -2.48. The Bertz CT molecular complexity index is 430. The van der Waals surface area contributed by atoms with E-state index in [4.69, 9.17) is 18.1 Å². The summed E-state index contributed by atoms with van der Waals surface area (Å²) >= 11 is 0. The van der Waals surface area contributed by atoms with Crippen LogP contribution in [0.25, 0.3) is 0 Å². The van der Waals surface area contributed by atoms with Crippen molar-refractivity contribution in [3.05, 3.63) is 0 Å². The van der Waals surface area contributed by atoms with Crippen LogP contribution in [0.3, 0.4) is 0 Å². The van der Waals surface area contributed by atoms with Crippen molar-refractivity contribution in [2.24, 2.45) is 5.41 Å². The summed E-state index contributed by atoms with van der Waals surface area (Å²) in [7, 11) is -7.26. The van der Waals surface area contributed by atoms with Gasteiger partial charge in [0.15, 0.2) is 10.7 Å². The van der Waals surface area contributed by atoms with Crippen molar-refractivity contribution in [3.63, 3.8) is 0 Å². The third-order valence-corrected chi connectivity index (χ3v) is 8.06. The van der Waals surface area contributed by atoms with Gasteiger partial charge in [0.25, 0.3) is 0 Å². The molecule has 124 valence electrons. The van der Waals surface area contributed by atoms with Crippen LogP contribution in [0.1, 0.15) is 27.7 Å². The topological polar surface area (TPSA) is 112 Å². The number of hydrogen-bond donors (Lipinski definition) is 2. The third kappa shape index (κ3) is 3.14. The molecule has 0 aromatic heterocycles. The average Bonchev–Trinajstić information content (AvgIpc) is 2.34. The normalized spacial score (nSPS) is 42.2. The Kier molecular flexibility index (Phi) is 4.28. The molecule has 2 rings (SSSR count). The van der Waals surface area contributed by atoms with E-state index in [-0.39, 0.29) is 26.4 Å². The van der Waals surface area contributed by atoms with E-state index in [9.17, 15) is 19.3 Å². The van der Waals surface area contributed by atoms with E-state index >= 15 is 0 Å². The number of rotatable bonds is 2. The van der Waals surface area contributed by atoms with E-state index < -0.39 is 31.3 Å². The summed E-state index contributed by atoms with van der Waals surface area (Å²) in [5.74, 6) is 0. The molecule has 1 spiro atoms. The zero-order chi connectivity index (χ0) is 16.2. The quantitative estimate of drug-likeness (QED) is 0.731. The van der Waals surface area contributed by atoms with Crippen molar-refractivity contribution < 1.29 is 37.4 Å². The summed E-state index contributed by atoms with van der Waals surface area (Å²) in [6, 6.07) is 0. The Balaban J connectivity index is 2.04. The van der Waals surface area contributed by atoms with Gasteiger partial charge >= 0.3 is 15.2 Å². The van der Waals surface area contributed by atoms with Crippen LogP contribution in [-0.4, -0.2) is 47.3 Å². The molecule has 0 bridgehead atoms. The first-order chi connectivity index (χ1) is 9.33. The highest BCUT2D eigenvalue weighted by Gasteiger charge is 2.55. The molecule has 0 radical (unpaired) electrons. The first-order valence-electron chi connectivity index (χ1n) is 6.56. The fourth-order valence-corrected chi connectivity index (χ4v) is 5.03. The van der Waals surface area contributed by atoms with E-state index in [1.165, 1.54) is 27.7 Å². The van der Waals surface area contributed by atoms with Crippen LogP contribution in [0.15, 0.2) is 0 Å². The van der Waals surface area contributed by atoms with Crippen LogP contribution in [-0.2, 0) is 27.2 Å². The number of aliphatic hydroxyl groups is 2. The van der Waals surface area contributed by atoms with Gasteiger partial charge in [-0.1, -0.05) is 0 Å². The van der Waals surface area contributed by atoms with Crippen LogP contribution in [0.4, 0.5) is 0 Å². The summed E-state index contributed by atoms with van der Waals surface area (Å²) in [6.07, 6.45) is 0. The van der Waals surface area contributed by atoms with Crippen molar-refractivity contribution in [1.29, 1.82) is 0 Å². The molecular formula is C11H22O8P2. The van der Waals surface area contributed by atoms with Crippen molar-refractivity contribution in [2.45, 2.75) is 38.4 Å². The summed E-state index contributed by atoms with van der Waals surface area (Å²) in [6.45, 7) is 5.34. The second kappa shape index (κ2) is 5.11. The molecule has 2 aliphatic rings. The van der Waals surface area contributed by atoms with E-state index in [1.807, 2.05) is 0 Å². The van der Waals surface area contributed by atoms with Crippen LogP contribution in [0.5, 0.6) is 0 Å². The Labute approximate surface area is 123 Å². The minimum atomic E-state index is -3.63. The molecular weight excluding hydrogens is 322 g/mol. The highest BCUT2D eigenvalue weighted by molar-refractivity contribution is 7.55. The van der Waals surface area contributed by atoms with Gasteiger partial charge in [-0.05, 0) is 27.7 Å². The predicted molar refractivity (Wildman–Crippen MR) is 74.0 cm³/mol. The second-order valence-electron chi connectivity index (χ2n) is 6.58. The maximum absolute atomic E-state index is 12.3. The van der Waals surface area contributed by atoms with E-state index in [2.05, 4.69) is 0 Å². The van der Waals surface area contributed by atoms with Gasteiger partial charge in [0.2, 0.25) is 0 Å². The molecule has 8 nitrogen and oxygen atoms in total. The molecule has 0 aromatic rings. The highest BCUT2D eigenvalue weighted by atomic mass is 31.2. The summed E-state index contributed by atoms with van der Waals surface area (Å²) in [5, 5.41) is 16.4. The summed E-state index contributed by atoms with van der Waals surface area (Å²) in [4.78, 5) is 0. The Morgan fingerprint density at radius 3 is 1.19 bits per heavy atom. The highest BCUT2D eigenvalue weighted by Crippen LogP contribution is 2.66. The van der Waals surface area contributed by atoms with Gasteiger partial charge in [0.1, 0.15) is 0 Å². The van der Waals surface area contributed by atoms with Gasteiger partial charge in [0, 0.05) is 0 Å². The molecule has 0 aliphatic carbocycles. The molecule has 0 saturated carbocycles. The molecule has 2 heterocycles. The Morgan fingerprint density at radius 1 is 0.762 bits per heavy atom.